The fraction of sp³-hybridized carbons (Fsp3) is 0.200. The van der Waals surface area contributed by atoms with E-state index in [4.69, 9.17) is 5.73 Å². The molecule has 0 aromatic carbocycles. The van der Waals surface area contributed by atoms with Crippen LogP contribution in [0.5, 0.6) is 0 Å². The van der Waals surface area contributed by atoms with Gasteiger partial charge in [0.2, 0.25) is 0 Å². The molecule has 17 heavy (non-hydrogen) atoms. The van der Waals surface area contributed by atoms with Gasteiger partial charge in [-0.05, 0) is 22.0 Å². The summed E-state index contributed by atoms with van der Waals surface area (Å²) in [5.74, 6) is 0.451. The first-order chi connectivity index (χ1) is 8.08. The second kappa shape index (κ2) is 4.89. The Hall–Kier alpha value is -1.34. The van der Waals surface area contributed by atoms with Crippen molar-refractivity contribution in [3.8, 4) is 0 Å². The van der Waals surface area contributed by atoms with Gasteiger partial charge in [0.15, 0.2) is 0 Å². The fourth-order valence-electron chi connectivity index (χ4n) is 1.34. The number of hydrogen-bond acceptors (Lipinski definition) is 4. The van der Waals surface area contributed by atoms with Crippen molar-refractivity contribution in [1.29, 1.82) is 0 Å². The molecule has 0 aliphatic carbocycles. The number of nitrogens with zero attached hydrogens (tertiary/aromatic N) is 2. The number of halogens is 1. The first-order valence-corrected chi connectivity index (χ1v) is 6.54. The van der Waals surface area contributed by atoms with Crippen molar-refractivity contribution in [2.75, 3.05) is 5.73 Å². The zero-order valence-electron chi connectivity index (χ0n) is 9.11. The summed E-state index contributed by atoms with van der Waals surface area (Å²) in [5.41, 5.74) is 7.23. The lowest BCUT2D eigenvalue weighted by atomic mass is 10.3. The predicted molar refractivity (Wildman–Crippen MR) is 70.8 cm³/mol. The maximum atomic E-state index is 11.8. The minimum atomic E-state index is -0.116. The minimum Gasteiger partial charge on any atom is -0.384 e. The number of carbonyl (C=O) groups is 1. The normalized spacial score (nSPS) is 10.5. The van der Waals surface area contributed by atoms with E-state index < -0.39 is 0 Å². The highest BCUT2D eigenvalue weighted by Crippen LogP contribution is 2.20. The highest BCUT2D eigenvalue weighted by atomic mass is 79.9. The van der Waals surface area contributed by atoms with Crippen LogP contribution in [0.4, 0.5) is 5.82 Å². The molecule has 0 aliphatic heterocycles. The topological polar surface area (TPSA) is 72.9 Å². The first-order valence-electron chi connectivity index (χ1n) is 4.86. The highest BCUT2D eigenvalue weighted by Gasteiger charge is 2.09. The van der Waals surface area contributed by atoms with Gasteiger partial charge >= 0.3 is 0 Å². The van der Waals surface area contributed by atoms with Crippen LogP contribution >= 0.6 is 27.3 Å². The van der Waals surface area contributed by atoms with Crippen molar-refractivity contribution in [3.63, 3.8) is 0 Å². The van der Waals surface area contributed by atoms with Crippen molar-refractivity contribution in [2.24, 2.45) is 7.05 Å². The maximum absolute atomic E-state index is 11.8. The van der Waals surface area contributed by atoms with Gasteiger partial charge in [-0.2, -0.15) is 5.10 Å². The van der Waals surface area contributed by atoms with Crippen LogP contribution in [0, 0.1) is 0 Å². The molecule has 0 saturated heterocycles. The van der Waals surface area contributed by atoms with E-state index in [1.807, 2.05) is 0 Å². The zero-order chi connectivity index (χ0) is 12.4. The Morgan fingerprint density at radius 1 is 1.71 bits per heavy atom. The van der Waals surface area contributed by atoms with E-state index in [0.717, 1.165) is 9.35 Å². The van der Waals surface area contributed by atoms with E-state index >= 15 is 0 Å². The second-order valence-electron chi connectivity index (χ2n) is 3.50. The summed E-state index contributed by atoms with van der Waals surface area (Å²) >= 11 is 4.79. The second-order valence-corrected chi connectivity index (χ2v) is 5.79. The molecule has 3 N–H and O–H groups in total. The van der Waals surface area contributed by atoms with Crippen molar-refractivity contribution in [1.82, 2.24) is 15.1 Å². The highest BCUT2D eigenvalue weighted by molar-refractivity contribution is 9.11. The van der Waals surface area contributed by atoms with E-state index in [-0.39, 0.29) is 5.91 Å². The van der Waals surface area contributed by atoms with E-state index in [2.05, 4.69) is 26.3 Å². The minimum absolute atomic E-state index is 0.116. The van der Waals surface area contributed by atoms with Crippen molar-refractivity contribution in [2.45, 2.75) is 6.54 Å². The molecular formula is C10H11BrN4OS. The number of nitrogens with one attached hydrogen (secondary N) is 1. The van der Waals surface area contributed by atoms with Gasteiger partial charge in [-0.1, -0.05) is 0 Å². The monoisotopic (exact) mass is 314 g/mol. The van der Waals surface area contributed by atoms with Gasteiger partial charge in [0, 0.05) is 24.5 Å². The van der Waals surface area contributed by atoms with Crippen LogP contribution in [0.25, 0.3) is 0 Å². The third-order valence-electron chi connectivity index (χ3n) is 2.33. The number of aromatic nitrogens is 2. The average Bonchev–Trinajstić information content (AvgIpc) is 2.86. The molecule has 0 spiro atoms. The van der Waals surface area contributed by atoms with Crippen LogP contribution in [0.3, 0.4) is 0 Å². The van der Waals surface area contributed by atoms with Gasteiger partial charge in [-0.25, -0.2) is 0 Å². The number of amides is 1. The summed E-state index contributed by atoms with van der Waals surface area (Å²) in [6.07, 6.45) is 1.65. The Balaban J connectivity index is 1.99. The lowest BCUT2D eigenvalue weighted by Gasteiger charge is -2.03. The molecular weight excluding hydrogens is 304 g/mol. The SMILES string of the molecule is Cn1ncc(CNC(=O)c2csc(Br)c2)c1N. The number of nitrogen functional groups attached to an aromatic ring is 1. The fourth-order valence-corrected chi connectivity index (χ4v) is 2.47. The summed E-state index contributed by atoms with van der Waals surface area (Å²) in [5, 5.41) is 8.60. The first kappa shape index (κ1) is 12.1. The summed E-state index contributed by atoms with van der Waals surface area (Å²) in [6, 6.07) is 1.78. The average molecular weight is 315 g/mol. The molecule has 2 rings (SSSR count). The van der Waals surface area contributed by atoms with Crippen molar-refractivity contribution < 1.29 is 4.79 Å². The summed E-state index contributed by atoms with van der Waals surface area (Å²) < 4.78 is 2.51. The lowest BCUT2D eigenvalue weighted by molar-refractivity contribution is 0.0951. The number of aryl methyl sites for hydroxylation is 1. The van der Waals surface area contributed by atoms with Gasteiger partial charge in [0.05, 0.1) is 15.5 Å². The predicted octanol–water partition coefficient (Wildman–Crippen LogP) is 1.76. The Labute approximate surface area is 111 Å². The molecule has 2 heterocycles. The molecule has 0 atom stereocenters. The molecule has 0 fully saturated rings. The molecule has 0 radical (unpaired) electrons. The summed E-state index contributed by atoms with van der Waals surface area (Å²) in [7, 11) is 1.76. The Kier molecular flexibility index (Phi) is 3.49. The Morgan fingerprint density at radius 3 is 3.00 bits per heavy atom. The van der Waals surface area contributed by atoms with Crippen LogP contribution in [0.1, 0.15) is 15.9 Å². The summed E-state index contributed by atoms with van der Waals surface area (Å²) in [4.78, 5) is 11.8. The summed E-state index contributed by atoms with van der Waals surface area (Å²) in [6.45, 7) is 0.381. The van der Waals surface area contributed by atoms with Crippen LogP contribution in [0.15, 0.2) is 21.4 Å². The molecule has 5 nitrogen and oxygen atoms in total. The molecule has 90 valence electrons. The molecule has 7 heteroatoms. The van der Waals surface area contributed by atoms with Gasteiger partial charge in [-0.15, -0.1) is 11.3 Å². The van der Waals surface area contributed by atoms with Crippen LogP contribution < -0.4 is 11.1 Å². The molecule has 2 aromatic rings. The molecule has 0 aliphatic rings. The molecule has 0 unspecified atom stereocenters. The van der Waals surface area contributed by atoms with E-state index in [0.29, 0.717) is 17.9 Å². The number of rotatable bonds is 3. The van der Waals surface area contributed by atoms with Crippen molar-refractivity contribution >= 4 is 39.0 Å². The van der Waals surface area contributed by atoms with E-state index in [1.54, 1.807) is 29.4 Å². The Bertz CT molecular complexity index is 548. The number of anilines is 1. The lowest BCUT2D eigenvalue weighted by Crippen LogP contribution is -2.22. The van der Waals surface area contributed by atoms with Crippen LogP contribution in [-0.4, -0.2) is 15.7 Å². The smallest absolute Gasteiger partial charge is 0.252 e. The third kappa shape index (κ3) is 2.67. The molecule has 1 amide bonds. The van der Waals surface area contributed by atoms with Crippen LogP contribution in [-0.2, 0) is 13.6 Å². The van der Waals surface area contributed by atoms with E-state index in [9.17, 15) is 4.79 Å². The van der Waals surface area contributed by atoms with Gasteiger partial charge in [-0.3, -0.25) is 9.48 Å². The maximum Gasteiger partial charge on any atom is 0.252 e. The Morgan fingerprint density at radius 2 is 2.47 bits per heavy atom. The molecule has 2 aromatic heterocycles. The van der Waals surface area contributed by atoms with Gasteiger partial charge in [0.1, 0.15) is 5.82 Å². The van der Waals surface area contributed by atoms with Crippen molar-refractivity contribution in [3.05, 3.63) is 32.6 Å². The number of hydrogen-bond donors (Lipinski definition) is 2. The molecule has 0 saturated carbocycles. The standard InChI is InChI=1S/C10H11BrN4OS/c1-15-9(12)7(4-14-15)3-13-10(16)6-2-8(11)17-5-6/h2,4-5H,3,12H2,1H3,(H,13,16). The van der Waals surface area contributed by atoms with E-state index in [1.165, 1.54) is 11.3 Å². The number of carbonyl (C=O) groups excluding carboxylic acids is 1. The van der Waals surface area contributed by atoms with Gasteiger partial charge < -0.3 is 11.1 Å². The third-order valence-corrected chi connectivity index (χ3v) is 3.84. The van der Waals surface area contributed by atoms with Gasteiger partial charge in [0.25, 0.3) is 5.91 Å². The van der Waals surface area contributed by atoms with Crippen LogP contribution in [0.2, 0.25) is 0 Å². The quantitative estimate of drug-likeness (QED) is 0.906. The zero-order valence-corrected chi connectivity index (χ0v) is 11.5. The largest absolute Gasteiger partial charge is 0.384 e. The number of nitrogens with two attached hydrogens (primary N) is 1. The number of thiophene rings is 1. The molecule has 0 bridgehead atoms.